The van der Waals surface area contributed by atoms with Crippen LogP contribution in [0.2, 0.25) is 5.02 Å². The van der Waals surface area contributed by atoms with Crippen molar-refractivity contribution in [3.63, 3.8) is 0 Å². The summed E-state index contributed by atoms with van der Waals surface area (Å²) in [5.41, 5.74) is 1.99. The second kappa shape index (κ2) is 12.1. The van der Waals surface area contributed by atoms with E-state index in [1.54, 1.807) is 65.2 Å². The van der Waals surface area contributed by atoms with Crippen molar-refractivity contribution in [2.75, 3.05) is 23.8 Å². The number of fused-ring (bicyclic) bond motifs is 1. The molecule has 3 aromatic carbocycles. The third kappa shape index (κ3) is 5.25. The maximum Gasteiger partial charge on any atom is 0.248 e. The number of rotatable bonds is 10. The first kappa shape index (κ1) is 30.5. The van der Waals surface area contributed by atoms with Crippen molar-refractivity contribution in [2.45, 2.75) is 54.7 Å². The quantitative estimate of drug-likeness (QED) is 0.276. The Balaban J connectivity index is 1.37. The Morgan fingerprint density at radius 1 is 1.02 bits per heavy atom. The molecule has 6 atom stereocenters. The van der Waals surface area contributed by atoms with Crippen LogP contribution in [0, 0.1) is 11.8 Å². The maximum absolute atomic E-state index is 14.6. The first-order chi connectivity index (χ1) is 21.2. The van der Waals surface area contributed by atoms with Crippen LogP contribution in [-0.4, -0.2) is 62.5 Å². The van der Waals surface area contributed by atoms with Crippen molar-refractivity contribution >= 4 is 52.5 Å². The highest BCUT2D eigenvalue weighted by molar-refractivity contribution is 8.02. The first-order valence-corrected chi connectivity index (χ1v) is 16.2. The molecule has 0 aromatic heterocycles. The Kier molecular flexibility index (Phi) is 8.39. The summed E-state index contributed by atoms with van der Waals surface area (Å²) >= 11 is 8.00. The Morgan fingerprint density at radius 2 is 1.73 bits per heavy atom. The summed E-state index contributed by atoms with van der Waals surface area (Å²) in [6, 6.07) is 22.2. The molecule has 230 valence electrons. The molecule has 0 aliphatic carbocycles. The predicted octanol–water partition coefficient (Wildman–Crippen LogP) is 5.40. The lowest BCUT2D eigenvalue weighted by atomic mass is 9.66. The minimum atomic E-state index is -0.910. The highest BCUT2D eigenvalue weighted by Crippen LogP contribution is 2.71. The Labute approximate surface area is 266 Å². The Hall–Kier alpha value is -3.53. The van der Waals surface area contributed by atoms with E-state index in [9.17, 15) is 19.5 Å². The van der Waals surface area contributed by atoms with Gasteiger partial charge in [0.2, 0.25) is 17.7 Å². The van der Waals surface area contributed by atoms with E-state index >= 15 is 0 Å². The van der Waals surface area contributed by atoms with E-state index in [2.05, 4.69) is 10.6 Å². The van der Waals surface area contributed by atoms with Gasteiger partial charge in [0.15, 0.2) is 0 Å². The molecule has 3 amide bonds. The zero-order valence-corrected chi connectivity index (χ0v) is 26.2. The molecule has 0 saturated carbocycles. The Bertz CT molecular complexity index is 1560. The molecule has 2 unspecified atom stereocenters. The number of benzene rings is 3. The van der Waals surface area contributed by atoms with Crippen molar-refractivity contribution < 1.29 is 24.2 Å². The summed E-state index contributed by atoms with van der Waals surface area (Å²) < 4.78 is 4.14. The number of carbonyl (C=O) groups is 3. The van der Waals surface area contributed by atoms with Crippen LogP contribution in [0.5, 0.6) is 5.75 Å². The fourth-order valence-corrected chi connectivity index (χ4v) is 9.90. The average Bonchev–Trinajstić information content (AvgIpc) is 3.59. The lowest BCUT2D eigenvalue weighted by molar-refractivity contribution is -0.141. The zero-order chi connectivity index (χ0) is 31.1. The van der Waals surface area contributed by atoms with Gasteiger partial charge in [-0.25, -0.2) is 0 Å². The first-order valence-electron chi connectivity index (χ1n) is 15.0. The van der Waals surface area contributed by atoms with Gasteiger partial charge in [0, 0.05) is 10.4 Å². The summed E-state index contributed by atoms with van der Waals surface area (Å²) in [4.78, 5) is 44.6. The van der Waals surface area contributed by atoms with Gasteiger partial charge in [0.25, 0.3) is 0 Å². The number of hydrogen-bond acceptors (Lipinski definition) is 6. The number of aliphatic hydroxyl groups is 1. The van der Waals surface area contributed by atoms with E-state index in [0.717, 1.165) is 5.56 Å². The largest absolute Gasteiger partial charge is 0.494 e. The van der Waals surface area contributed by atoms with Gasteiger partial charge in [-0.2, -0.15) is 0 Å². The molecule has 1 spiro atoms. The minimum absolute atomic E-state index is 0.250. The van der Waals surface area contributed by atoms with Gasteiger partial charge in [-0.3, -0.25) is 14.4 Å². The number of para-hydroxylation sites is 1. The molecule has 6 rings (SSSR count). The number of thioether (sulfide) groups is 1. The van der Waals surface area contributed by atoms with Crippen molar-refractivity contribution in [2.24, 2.45) is 11.8 Å². The topological polar surface area (TPSA) is 108 Å². The molecule has 3 N–H and O–H groups in total. The normalized spacial score (nSPS) is 27.6. The zero-order valence-electron chi connectivity index (χ0n) is 24.7. The van der Waals surface area contributed by atoms with Crippen LogP contribution in [0.15, 0.2) is 78.9 Å². The SMILES string of the molecule is CCOc1ccc(NC(=O)[C@H]2[C@H]3C(=O)N([C@@H](CO)Cc4ccccc4)C(C(=O)Nc4ccccc4Cl)C34CC[C@]2(C)S4)cc1. The smallest absolute Gasteiger partial charge is 0.248 e. The van der Waals surface area contributed by atoms with E-state index in [1.165, 1.54) is 0 Å². The molecule has 3 heterocycles. The van der Waals surface area contributed by atoms with Crippen molar-refractivity contribution in [3.05, 3.63) is 89.4 Å². The fourth-order valence-electron chi connectivity index (χ4n) is 7.38. The highest BCUT2D eigenvalue weighted by Gasteiger charge is 2.77. The fraction of sp³-hybridized carbons (Fsp3) is 0.382. The van der Waals surface area contributed by atoms with Crippen LogP contribution in [0.4, 0.5) is 11.4 Å². The number of aliphatic hydroxyl groups excluding tert-OH is 1. The third-order valence-electron chi connectivity index (χ3n) is 9.23. The number of amides is 3. The van der Waals surface area contributed by atoms with Gasteiger partial charge in [-0.1, -0.05) is 54.1 Å². The average molecular weight is 634 g/mol. The number of hydrogen-bond donors (Lipinski definition) is 3. The summed E-state index contributed by atoms with van der Waals surface area (Å²) in [7, 11) is 0. The maximum atomic E-state index is 14.6. The van der Waals surface area contributed by atoms with Gasteiger partial charge in [-0.15, -0.1) is 11.8 Å². The van der Waals surface area contributed by atoms with Crippen LogP contribution in [-0.2, 0) is 20.8 Å². The van der Waals surface area contributed by atoms with Crippen molar-refractivity contribution in [1.29, 1.82) is 0 Å². The van der Waals surface area contributed by atoms with Crippen molar-refractivity contribution in [1.82, 2.24) is 4.90 Å². The standard InChI is InChI=1S/C34H36ClN3O5S/c1-3-43-24-15-13-22(14-16-24)36-30(40)27-28-32(42)38(23(20-39)19-21-9-5-4-6-10-21)29(34(28)18-17-33(27,2)44-34)31(41)37-26-12-8-7-11-25(26)35/h4-16,23,27-29,39H,3,17-20H2,1-2H3,(H,36,40)(H,37,41)/t23-,27-,28+,29?,33+,34?/m1/s1. The van der Waals surface area contributed by atoms with Gasteiger partial charge in [0.05, 0.1) is 46.5 Å². The van der Waals surface area contributed by atoms with E-state index in [-0.39, 0.29) is 24.3 Å². The lowest BCUT2D eigenvalue weighted by Gasteiger charge is -2.37. The lowest BCUT2D eigenvalue weighted by Crippen LogP contribution is -2.55. The molecular formula is C34H36ClN3O5S. The van der Waals surface area contributed by atoms with Gasteiger partial charge >= 0.3 is 0 Å². The predicted molar refractivity (Wildman–Crippen MR) is 173 cm³/mol. The monoisotopic (exact) mass is 633 g/mol. The molecule has 3 aliphatic heterocycles. The van der Waals surface area contributed by atoms with Crippen LogP contribution in [0.25, 0.3) is 0 Å². The minimum Gasteiger partial charge on any atom is -0.494 e. The summed E-state index contributed by atoms with van der Waals surface area (Å²) in [6.45, 7) is 4.14. The van der Waals surface area contributed by atoms with Gasteiger partial charge < -0.3 is 25.4 Å². The van der Waals surface area contributed by atoms with Gasteiger partial charge in [-0.05, 0) is 75.1 Å². The molecule has 2 bridgehead atoms. The van der Waals surface area contributed by atoms with Crippen LogP contribution < -0.4 is 15.4 Å². The summed E-state index contributed by atoms with van der Waals surface area (Å²) in [6.07, 6.45) is 1.64. The second-order valence-electron chi connectivity index (χ2n) is 11.9. The van der Waals surface area contributed by atoms with Gasteiger partial charge in [0.1, 0.15) is 11.8 Å². The highest BCUT2D eigenvalue weighted by atomic mass is 35.5. The van der Waals surface area contributed by atoms with E-state index in [1.807, 2.05) is 44.2 Å². The molecule has 10 heteroatoms. The molecule has 3 aliphatic rings. The number of nitrogens with zero attached hydrogens (tertiary/aromatic N) is 1. The molecule has 0 radical (unpaired) electrons. The van der Waals surface area contributed by atoms with Crippen LogP contribution in [0.3, 0.4) is 0 Å². The van der Waals surface area contributed by atoms with E-state index in [4.69, 9.17) is 16.3 Å². The molecular weight excluding hydrogens is 598 g/mol. The molecule has 8 nitrogen and oxygen atoms in total. The number of anilines is 2. The number of halogens is 1. The third-order valence-corrected chi connectivity index (χ3v) is 11.5. The molecule has 3 fully saturated rings. The molecule has 3 aromatic rings. The van der Waals surface area contributed by atoms with E-state index < -0.39 is 33.4 Å². The number of nitrogens with one attached hydrogen (secondary N) is 2. The Morgan fingerprint density at radius 3 is 2.41 bits per heavy atom. The van der Waals surface area contributed by atoms with Crippen LogP contribution >= 0.6 is 23.4 Å². The number of carbonyl (C=O) groups excluding carboxylic acids is 3. The molecule has 3 saturated heterocycles. The second-order valence-corrected chi connectivity index (χ2v) is 14.2. The number of likely N-dealkylation sites (tertiary alicyclic amines) is 1. The van der Waals surface area contributed by atoms with E-state index in [0.29, 0.717) is 48.0 Å². The summed E-state index contributed by atoms with van der Waals surface area (Å²) in [5.74, 6) is -1.60. The van der Waals surface area contributed by atoms with Crippen molar-refractivity contribution in [3.8, 4) is 5.75 Å². The molecule has 44 heavy (non-hydrogen) atoms. The number of ether oxygens (including phenoxy) is 1. The summed E-state index contributed by atoms with van der Waals surface area (Å²) in [5, 5.41) is 17.1. The van der Waals surface area contributed by atoms with Crippen LogP contribution in [0.1, 0.15) is 32.3 Å².